The minimum Gasteiger partial charge on any atom is -0.479 e. The fourth-order valence-corrected chi connectivity index (χ4v) is 1.39. The summed E-state index contributed by atoms with van der Waals surface area (Å²) in [4.78, 5) is 11.1. The van der Waals surface area contributed by atoms with Gasteiger partial charge in [0.25, 0.3) is 0 Å². The molecule has 1 aliphatic rings. The van der Waals surface area contributed by atoms with Gasteiger partial charge in [0.05, 0.1) is 18.2 Å². The van der Waals surface area contributed by atoms with Crippen LogP contribution >= 0.6 is 0 Å². The van der Waals surface area contributed by atoms with Crippen LogP contribution in [0, 0.1) is 11.3 Å². The molecule has 0 aliphatic carbocycles. The van der Waals surface area contributed by atoms with Crippen molar-refractivity contribution in [3.05, 3.63) is 29.8 Å². The number of ether oxygens (including phenoxy) is 2. The molecule has 76 valence electrons. The molecule has 1 saturated heterocycles. The highest BCUT2D eigenvalue weighted by molar-refractivity contribution is 5.76. The molecule has 0 radical (unpaired) electrons. The summed E-state index contributed by atoms with van der Waals surface area (Å²) in [5, 5.41) is 8.68. The van der Waals surface area contributed by atoms with Crippen LogP contribution in [0.25, 0.3) is 0 Å². The summed E-state index contributed by atoms with van der Waals surface area (Å²) in [5.41, 5.74) is 0.513. The highest BCUT2D eigenvalue weighted by atomic mass is 16.6. The predicted molar refractivity (Wildman–Crippen MR) is 51.1 cm³/mol. The van der Waals surface area contributed by atoms with Gasteiger partial charge in [-0.15, -0.1) is 0 Å². The lowest BCUT2D eigenvalue weighted by molar-refractivity contribution is -0.143. The number of carbonyl (C=O) groups is 1. The van der Waals surface area contributed by atoms with E-state index in [9.17, 15) is 4.79 Å². The zero-order valence-corrected chi connectivity index (χ0v) is 7.97. The normalized spacial score (nSPS) is 19.4. The lowest BCUT2D eigenvalue weighted by Crippen LogP contribution is -2.21. The molecule has 0 bridgehead atoms. The lowest BCUT2D eigenvalue weighted by Gasteiger charge is -2.09. The lowest BCUT2D eigenvalue weighted by atomic mass is 10.2. The fourth-order valence-electron chi connectivity index (χ4n) is 1.39. The predicted octanol–water partition coefficient (Wildman–Crippen LogP) is 1.25. The highest BCUT2D eigenvalue weighted by Gasteiger charge is 2.28. The molecule has 0 amide bonds. The summed E-state index contributed by atoms with van der Waals surface area (Å²) >= 11 is 0. The molecule has 1 atom stereocenters. The summed E-state index contributed by atoms with van der Waals surface area (Å²) in [6.45, 7) is 0.404. The van der Waals surface area contributed by atoms with Crippen LogP contribution in [0.15, 0.2) is 24.3 Å². The second-order valence-electron chi connectivity index (χ2n) is 3.20. The Hall–Kier alpha value is -2.02. The van der Waals surface area contributed by atoms with Crippen molar-refractivity contribution >= 4 is 5.97 Å². The maximum absolute atomic E-state index is 11.1. The van der Waals surface area contributed by atoms with Crippen molar-refractivity contribution in [3.63, 3.8) is 0 Å². The Morgan fingerprint density at radius 1 is 1.53 bits per heavy atom. The van der Waals surface area contributed by atoms with E-state index in [2.05, 4.69) is 0 Å². The number of carbonyl (C=O) groups excluding carboxylic acids is 1. The molecule has 1 aromatic carbocycles. The minimum atomic E-state index is -0.529. The second-order valence-corrected chi connectivity index (χ2v) is 3.20. The maximum Gasteiger partial charge on any atom is 0.347 e. The van der Waals surface area contributed by atoms with E-state index in [4.69, 9.17) is 14.7 Å². The van der Waals surface area contributed by atoms with Crippen molar-refractivity contribution < 1.29 is 14.3 Å². The first-order valence-corrected chi connectivity index (χ1v) is 4.63. The smallest absolute Gasteiger partial charge is 0.347 e. The first-order chi connectivity index (χ1) is 7.29. The summed E-state index contributed by atoms with van der Waals surface area (Å²) in [7, 11) is 0. The van der Waals surface area contributed by atoms with Crippen molar-refractivity contribution in [2.75, 3.05) is 6.61 Å². The van der Waals surface area contributed by atoms with Crippen LogP contribution < -0.4 is 4.74 Å². The number of rotatable bonds is 2. The Kier molecular flexibility index (Phi) is 2.55. The van der Waals surface area contributed by atoms with Crippen molar-refractivity contribution in [1.82, 2.24) is 0 Å². The van der Waals surface area contributed by atoms with Gasteiger partial charge in [0.15, 0.2) is 6.10 Å². The monoisotopic (exact) mass is 203 g/mol. The molecule has 15 heavy (non-hydrogen) atoms. The average molecular weight is 203 g/mol. The van der Waals surface area contributed by atoms with Crippen LogP contribution in [-0.2, 0) is 9.53 Å². The Bertz CT molecular complexity index is 422. The molecule has 2 rings (SSSR count). The van der Waals surface area contributed by atoms with Gasteiger partial charge in [-0.2, -0.15) is 5.26 Å². The average Bonchev–Trinajstić information content (AvgIpc) is 2.65. The number of nitriles is 1. The summed E-state index contributed by atoms with van der Waals surface area (Å²) in [5.74, 6) is 0.190. The van der Waals surface area contributed by atoms with Crippen molar-refractivity contribution in [2.45, 2.75) is 12.5 Å². The van der Waals surface area contributed by atoms with E-state index in [1.165, 1.54) is 0 Å². The maximum atomic E-state index is 11.1. The second kappa shape index (κ2) is 4.01. The number of esters is 1. The van der Waals surface area contributed by atoms with Gasteiger partial charge in [0.2, 0.25) is 0 Å². The first kappa shape index (κ1) is 9.53. The van der Waals surface area contributed by atoms with Crippen molar-refractivity contribution in [1.29, 1.82) is 5.26 Å². The summed E-state index contributed by atoms with van der Waals surface area (Å²) in [6, 6.07) is 8.72. The van der Waals surface area contributed by atoms with Crippen LogP contribution in [-0.4, -0.2) is 18.7 Å². The van der Waals surface area contributed by atoms with E-state index in [1.807, 2.05) is 6.07 Å². The van der Waals surface area contributed by atoms with Crippen LogP contribution in [0.3, 0.4) is 0 Å². The Morgan fingerprint density at radius 3 is 3.07 bits per heavy atom. The fraction of sp³-hybridized carbons (Fsp3) is 0.273. The molecule has 0 spiro atoms. The number of hydrogen-bond donors (Lipinski definition) is 0. The standard InChI is InChI=1S/C11H9NO3/c12-7-8-2-1-3-9(6-8)15-10-4-5-14-11(10)13/h1-3,6,10H,4-5H2/t10-/m0/s1. The van der Waals surface area contributed by atoms with Crippen molar-refractivity contribution in [2.24, 2.45) is 0 Å². The number of cyclic esters (lactones) is 1. The van der Waals surface area contributed by atoms with Crippen LogP contribution in [0.1, 0.15) is 12.0 Å². The van der Waals surface area contributed by atoms with E-state index in [0.29, 0.717) is 24.3 Å². The van der Waals surface area contributed by atoms with Crippen molar-refractivity contribution in [3.8, 4) is 11.8 Å². The summed E-state index contributed by atoms with van der Waals surface area (Å²) < 4.78 is 10.2. The third-order valence-corrected chi connectivity index (χ3v) is 2.13. The Morgan fingerprint density at radius 2 is 2.40 bits per heavy atom. The van der Waals surface area contributed by atoms with Gasteiger partial charge < -0.3 is 9.47 Å². The molecule has 0 aromatic heterocycles. The molecule has 0 N–H and O–H groups in total. The zero-order chi connectivity index (χ0) is 10.7. The van der Waals surface area contributed by atoms with Crippen LogP contribution in [0.5, 0.6) is 5.75 Å². The van der Waals surface area contributed by atoms with Gasteiger partial charge in [-0.1, -0.05) is 6.07 Å². The summed E-state index contributed by atoms with van der Waals surface area (Å²) in [6.07, 6.45) is 0.0363. The SMILES string of the molecule is N#Cc1cccc(O[C@H]2CCOC2=O)c1. The molecular weight excluding hydrogens is 194 g/mol. The topological polar surface area (TPSA) is 59.3 Å². The molecule has 1 aliphatic heterocycles. The number of benzene rings is 1. The molecule has 1 aromatic rings. The largest absolute Gasteiger partial charge is 0.479 e. The van der Waals surface area contributed by atoms with E-state index in [-0.39, 0.29) is 5.97 Å². The van der Waals surface area contributed by atoms with Gasteiger partial charge in [0.1, 0.15) is 5.75 Å². The Balaban J connectivity index is 2.10. The van der Waals surface area contributed by atoms with E-state index in [1.54, 1.807) is 24.3 Å². The van der Waals surface area contributed by atoms with Gasteiger partial charge >= 0.3 is 5.97 Å². The zero-order valence-electron chi connectivity index (χ0n) is 7.97. The molecular formula is C11H9NO3. The Labute approximate surface area is 87.0 Å². The first-order valence-electron chi connectivity index (χ1n) is 4.63. The third kappa shape index (κ3) is 2.08. The van der Waals surface area contributed by atoms with Gasteiger partial charge in [-0.25, -0.2) is 4.79 Å². The van der Waals surface area contributed by atoms with Gasteiger partial charge in [-0.3, -0.25) is 0 Å². The van der Waals surface area contributed by atoms with E-state index >= 15 is 0 Å². The van der Waals surface area contributed by atoms with Crippen LogP contribution in [0.4, 0.5) is 0 Å². The molecule has 1 heterocycles. The minimum absolute atomic E-state index is 0.336. The highest BCUT2D eigenvalue weighted by Crippen LogP contribution is 2.18. The quantitative estimate of drug-likeness (QED) is 0.679. The number of hydrogen-bond acceptors (Lipinski definition) is 4. The molecule has 0 saturated carbocycles. The van der Waals surface area contributed by atoms with Gasteiger partial charge in [0, 0.05) is 6.42 Å². The number of nitrogens with zero attached hydrogens (tertiary/aromatic N) is 1. The van der Waals surface area contributed by atoms with E-state index in [0.717, 1.165) is 0 Å². The molecule has 0 unspecified atom stereocenters. The van der Waals surface area contributed by atoms with E-state index < -0.39 is 6.10 Å². The molecule has 4 heteroatoms. The van der Waals surface area contributed by atoms with Crippen LogP contribution in [0.2, 0.25) is 0 Å². The molecule has 4 nitrogen and oxygen atoms in total. The third-order valence-electron chi connectivity index (χ3n) is 2.13. The molecule has 1 fully saturated rings. The van der Waals surface area contributed by atoms with Gasteiger partial charge in [-0.05, 0) is 18.2 Å².